The van der Waals surface area contributed by atoms with E-state index in [1.165, 1.54) is 6.92 Å². The third kappa shape index (κ3) is 5.32. The van der Waals surface area contributed by atoms with E-state index in [2.05, 4.69) is 0 Å². The van der Waals surface area contributed by atoms with E-state index in [0.717, 1.165) is 0 Å². The van der Waals surface area contributed by atoms with Crippen molar-refractivity contribution in [3.05, 3.63) is 0 Å². The standard InChI is InChI=1S/C18H32O15/c1-4-7(21)10(24)12(26)17(29-4)32-14-9(23)6(3-20)30-16(28)15(14)33-18-13(27)11(25)8(22)5(2-19)31-18/h4-28H,2-3H2,1H3/t4-,5+,6+,7+,8+,9+,10+,11-,12-,13-,14-,15+,16?,17+,18+/m0/s1. The molecule has 0 radical (unpaired) electrons. The second-order valence-electron chi connectivity index (χ2n) is 8.32. The summed E-state index contributed by atoms with van der Waals surface area (Å²) < 4.78 is 26.7. The van der Waals surface area contributed by atoms with Gasteiger partial charge >= 0.3 is 0 Å². The first-order valence-electron chi connectivity index (χ1n) is 10.4. The molecule has 1 unspecified atom stereocenters. The fourth-order valence-corrected chi connectivity index (χ4v) is 3.97. The van der Waals surface area contributed by atoms with Crippen LogP contribution in [-0.4, -0.2) is 156 Å². The fraction of sp³-hybridized carbons (Fsp3) is 1.00. The molecule has 3 heterocycles. The number of aliphatic hydroxyl groups is 10. The van der Waals surface area contributed by atoms with Crippen LogP contribution < -0.4 is 0 Å². The Labute approximate surface area is 187 Å². The smallest absolute Gasteiger partial charge is 0.187 e. The molecule has 0 spiro atoms. The van der Waals surface area contributed by atoms with E-state index >= 15 is 0 Å². The van der Waals surface area contributed by atoms with Gasteiger partial charge in [-0.3, -0.25) is 0 Å². The molecule has 0 aromatic rings. The van der Waals surface area contributed by atoms with Crippen LogP contribution in [0.4, 0.5) is 0 Å². The molecule has 0 aromatic heterocycles. The van der Waals surface area contributed by atoms with E-state index in [-0.39, 0.29) is 0 Å². The first-order valence-corrected chi connectivity index (χ1v) is 10.4. The lowest BCUT2D eigenvalue weighted by molar-refractivity contribution is -0.386. The van der Waals surface area contributed by atoms with Gasteiger partial charge in [0.15, 0.2) is 18.9 Å². The number of aliphatic hydroxyl groups excluding tert-OH is 10. The SMILES string of the molecule is C[C@@H]1O[C@H](O[C@H]2[C@H](O)[C@@H](CO)OC(O)[C@@H]2O[C@H]2O[C@H](CO)[C@@H](O)[C@H](O)[C@@H]2O)[C@@H](O)[C@H](O)[C@@H]1O. The van der Waals surface area contributed by atoms with Gasteiger partial charge in [-0.15, -0.1) is 0 Å². The summed E-state index contributed by atoms with van der Waals surface area (Å²) in [5.41, 5.74) is 0. The lowest BCUT2D eigenvalue weighted by Crippen LogP contribution is -2.66. The summed E-state index contributed by atoms with van der Waals surface area (Å²) in [7, 11) is 0. The van der Waals surface area contributed by atoms with Gasteiger partial charge in [0.25, 0.3) is 0 Å². The van der Waals surface area contributed by atoms with Crippen molar-refractivity contribution in [3.63, 3.8) is 0 Å². The molecule has 0 saturated carbocycles. The van der Waals surface area contributed by atoms with Crippen molar-refractivity contribution < 1.29 is 74.7 Å². The van der Waals surface area contributed by atoms with Gasteiger partial charge in [0.2, 0.25) is 0 Å². The summed E-state index contributed by atoms with van der Waals surface area (Å²) in [4.78, 5) is 0. The topological polar surface area (TPSA) is 248 Å². The maximum atomic E-state index is 10.6. The Bertz CT molecular complexity index is 624. The second kappa shape index (κ2) is 11.0. The predicted molar refractivity (Wildman–Crippen MR) is 99.8 cm³/mol. The van der Waals surface area contributed by atoms with Crippen LogP contribution in [0.3, 0.4) is 0 Å². The Hall–Kier alpha value is -0.600. The van der Waals surface area contributed by atoms with Crippen LogP contribution in [0.2, 0.25) is 0 Å². The highest BCUT2D eigenvalue weighted by molar-refractivity contribution is 4.95. The Balaban J connectivity index is 1.82. The molecule has 194 valence electrons. The molecular formula is C18H32O15. The van der Waals surface area contributed by atoms with Gasteiger partial charge in [0.1, 0.15) is 67.1 Å². The van der Waals surface area contributed by atoms with Gasteiger partial charge in [-0.05, 0) is 6.92 Å². The monoisotopic (exact) mass is 488 g/mol. The van der Waals surface area contributed by atoms with Crippen LogP contribution >= 0.6 is 0 Å². The highest BCUT2D eigenvalue weighted by Gasteiger charge is 2.53. The van der Waals surface area contributed by atoms with Crippen LogP contribution in [0.25, 0.3) is 0 Å². The summed E-state index contributed by atoms with van der Waals surface area (Å²) in [6.07, 6.45) is -24.1. The number of hydrogen-bond donors (Lipinski definition) is 10. The zero-order valence-electron chi connectivity index (χ0n) is 17.6. The molecule has 0 aromatic carbocycles. The third-order valence-electron chi connectivity index (χ3n) is 6.06. The lowest BCUT2D eigenvalue weighted by Gasteiger charge is -2.48. The average Bonchev–Trinajstić information content (AvgIpc) is 2.79. The summed E-state index contributed by atoms with van der Waals surface area (Å²) in [6.45, 7) is -0.107. The summed E-state index contributed by atoms with van der Waals surface area (Å²) in [5.74, 6) is 0. The quantitative estimate of drug-likeness (QED) is 0.167. The Morgan fingerprint density at radius 3 is 1.61 bits per heavy atom. The van der Waals surface area contributed by atoms with Crippen LogP contribution in [0.1, 0.15) is 6.92 Å². The van der Waals surface area contributed by atoms with Gasteiger partial charge in [-0.1, -0.05) is 0 Å². The summed E-state index contributed by atoms with van der Waals surface area (Å²) in [6, 6.07) is 0. The highest BCUT2D eigenvalue weighted by Crippen LogP contribution is 2.32. The van der Waals surface area contributed by atoms with Gasteiger partial charge in [0.05, 0.1) is 19.3 Å². The Morgan fingerprint density at radius 2 is 1.03 bits per heavy atom. The molecule has 3 fully saturated rings. The maximum Gasteiger partial charge on any atom is 0.187 e. The number of rotatable bonds is 6. The summed E-state index contributed by atoms with van der Waals surface area (Å²) >= 11 is 0. The molecule has 0 amide bonds. The van der Waals surface area contributed by atoms with Crippen LogP contribution in [0, 0.1) is 0 Å². The number of hydrogen-bond acceptors (Lipinski definition) is 15. The van der Waals surface area contributed by atoms with Crippen molar-refractivity contribution in [3.8, 4) is 0 Å². The van der Waals surface area contributed by atoms with Crippen molar-refractivity contribution in [2.45, 2.75) is 99.0 Å². The fourth-order valence-electron chi connectivity index (χ4n) is 3.97. The van der Waals surface area contributed by atoms with Crippen molar-refractivity contribution >= 4 is 0 Å². The van der Waals surface area contributed by atoms with E-state index in [0.29, 0.717) is 0 Å². The minimum Gasteiger partial charge on any atom is -0.394 e. The Kier molecular flexibility index (Phi) is 8.99. The van der Waals surface area contributed by atoms with Crippen molar-refractivity contribution in [2.75, 3.05) is 13.2 Å². The zero-order chi connectivity index (χ0) is 24.6. The molecule has 3 saturated heterocycles. The van der Waals surface area contributed by atoms with Gasteiger partial charge in [-0.2, -0.15) is 0 Å². The lowest BCUT2D eigenvalue weighted by atomic mass is 9.96. The van der Waals surface area contributed by atoms with Crippen molar-refractivity contribution in [2.24, 2.45) is 0 Å². The van der Waals surface area contributed by atoms with E-state index in [9.17, 15) is 51.1 Å². The molecule has 15 heteroatoms. The molecular weight excluding hydrogens is 456 g/mol. The minimum atomic E-state index is -1.89. The zero-order valence-corrected chi connectivity index (χ0v) is 17.6. The average molecular weight is 488 g/mol. The van der Waals surface area contributed by atoms with E-state index < -0.39 is 105 Å². The molecule has 15 atom stereocenters. The molecule has 0 bridgehead atoms. The van der Waals surface area contributed by atoms with E-state index in [1.54, 1.807) is 0 Å². The molecule has 3 rings (SSSR count). The molecule has 15 nitrogen and oxygen atoms in total. The minimum absolute atomic E-state index is 0.746. The first kappa shape index (κ1) is 27.0. The van der Waals surface area contributed by atoms with Crippen LogP contribution in [0.5, 0.6) is 0 Å². The predicted octanol–water partition coefficient (Wildman–Crippen LogP) is -6.55. The third-order valence-corrected chi connectivity index (χ3v) is 6.06. The van der Waals surface area contributed by atoms with E-state index in [1.807, 2.05) is 0 Å². The number of ether oxygens (including phenoxy) is 5. The van der Waals surface area contributed by atoms with Crippen LogP contribution in [0.15, 0.2) is 0 Å². The maximum absolute atomic E-state index is 10.6. The van der Waals surface area contributed by atoms with Gasteiger partial charge < -0.3 is 74.7 Å². The largest absolute Gasteiger partial charge is 0.394 e. The second-order valence-corrected chi connectivity index (χ2v) is 8.32. The molecule has 3 aliphatic rings. The van der Waals surface area contributed by atoms with Gasteiger partial charge in [0, 0.05) is 0 Å². The van der Waals surface area contributed by atoms with Gasteiger partial charge in [-0.25, -0.2) is 0 Å². The van der Waals surface area contributed by atoms with E-state index in [4.69, 9.17) is 23.7 Å². The van der Waals surface area contributed by atoms with Crippen molar-refractivity contribution in [1.82, 2.24) is 0 Å². The molecule has 3 aliphatic heterocycles. The van der Waals surface area contributed by atoms with Crippen LogP contribution in [-0.2, 0) is 23.7 Å². The Morgan fingerprint density at radius 1 is 0.545 bits per heavy atom. The molecule has 0 aliphatic carbocycles. The van der Waals surface area contributed by atoms with Crippen molar-refractivity contribution in [1.29, 1.82) is 0 Å². The normalized spacial score (nSPS) is 53.7. The molecule has 10 N–H and O–H groups in total. The molecule has 33 heavy (non-hydrogen) atoms. The summed E-state index contributed by atoms with van der Waals surface area (Å²) in [5, 5.41) is 100.0. The first-order chi connectivity index (χ1) is 15.5. The highest BCUT2D eigenvalue weighted by atomic mass is 16.8.